The standard InChI is InChI=1S/C31H41NO7/c1-3-8-20(15-21-9-7-10-23(33)16-21)12-13-26-28-22(18-38-2)17-24-29(25(28)19-39-26)31(37)32(30(24)36)14-6-4-5-11-27(34)35/h7,9-10,15-16,24-26,29,33H,3-6,8,11-14,17-19H2,1-2H3,(H,34,35)/b20-15+/t24-,25+,26-,29-/m1/s1. The first-order valence-corrected chi connectivity index (χ1v) is 14.2. The van der Waals surface area contributed by atoms with Crippen LogP contribution in [0.4, 0.5) is 0 Å². The van der Waals surface area contributed by atoms with Gasteiger partial charge in [0.15, 0.2) is 0 Å². The van der Waals surface area contributed by atoms with Gasteiger partial charge in [0.1, 0.15) is 5.75 Å². The topological polar surface area (TPSA) is 113 Å². The van der Waals surface area contributed by atoms with Crippen molar-refractivity contribution in [1.82, 2.24) is 4.90 Å². The number of rotatable bonds is 14. The Morgan fingerprint density at radius 1 is 1.13 bits per heavy atom. The summed E-state index contributed by atoms with van der Waals surface area (Å²) < 4.78 is 11.9. The number of hydrogen-bond donors (Lipinski definition) is 2. The van der Waals surface area contributed by atoms with E-state index in [0.29, 0.717) is 45.4 Å². The third kappa shape index (κ3) is 6.79. The van der Waals surface area contributed by atoms with Gasteiger partial charge in [-0.1, -0.05) is 43.5 Å². The Balaban J connectivity index is 1.46. The SMILES string of the molecule is CCC/C(=C\c1cccc(O)c1)CC[C@H]1OC[C@H]2C1=C(COC)C[C@H]1C(=O)N(CCCCCC(=O)O)C(=O)[C@H]12. The lowest BCUT2D eigenvalue weighted by Crippen LogP contribution is -2.35. The van der Waals surface area contributed by atoms with Crippen molar-refractivity contribution in [2.75, 3.05) is 26.9 Å². The molecule has 1 aromatic rings. The number of phenolic OH excluding ortho intramolecular Hbond substituents is 1. The zero-order valence-corrected chi connectivity index (χ0v) is 23.1. The first-order chi connectivity index (χ1) is 18.8. The quantitative estimate of drug-likeness (QED) is 0.195. The fourth-order valence-electron chi connectivity index (χ4n) is 6.55. The predicted molar refractivity (Wildman–Crippen MR) is 147 cm³/mol. The van der Waals surface area contributed by atoms with Crippen molar-refractivity contribution in [3.8, 4) is 5.75 Å². The summed E-state index contributed by atoms with van der Waals surface area (Å²) in [4.78, 5) is 39.0. The number of unbranched alkanes of at least 4 members (excludes halogenated alkanes) is 2. The number of aliphatic carboxylic acids is 1. The maximum absolute atomic E-state index is 13.5. The highest BCUT2D eigenvalue weighted by Crippen LogP contribution is 2.50. The smallest absolute Gasteiger partial charge is 0.303 e. The van der Waals surface area contributed by atoms with Crippen LogP contribution < -0.4 is 0 Å². The molecule has 0 bridgehead atoms. The number of carbonyl (C=O) groups is 3. The molecule has 212 valence electrons. The first-order valence-electron chi connectivity index (χ1n) is 14.2. The highest BCUT2D eigenvalue weighted by Gasteiger charge is 2.56. The van der Waals surface area contributed by atoms with Gasteiger partial charge in [-0.15, -0.1) is 0 Å². The van der Waals surface area contributed by atoms with E-state index < -0.39 is 11.9 Å². The molecule has 0 aromatic heterocycles. The Kier molecular flexibility index (Phi) is 9.97. The summed E-state index contributed by atoms with van der Waals surface area (Å²) in [5, 5.41) is 18.7. The van der Waals surface area contributed by atoms with Crippen molar-refractivity contribution in [3.63, 3.8) is 0 Å². The zero-order chi connectivity index (χ0) is 27.9. The maximum atomic E-state index is 13.5. The van der Waals surface area contributed by atoms with Crippen LogP contribution in [0.2, 0.25) is 0 Å². The number of benzene rings is 1. The minimum Gasteiger partial charge on any atom is -0.508 e. The van der Waals surface area contributed by atoms with Crippen LogP contribution in [0.3, 0.4) is 0 Å². The molecule has 2 N–H and O–H groups in total. The van der Waals surface area contributed by atoms with E-state index in [0.717, 1.165) is 42.4 Å². The van der Waals surface area contributed by atoms with E-state index in [-0.39, 0.29) is 41.9 Å². The lowest BCUT2D eigenvalue weighted by atomic mass is 9.69. The van der Waals surface area contributed by atoms with Crippen LogP contribution >= 0.6 is 0 Å². The molecule has 0 unspecified atom stereocenters. The fourth-order valence-corrected chi connectivity index (χ4v) is 6.55. The number of carbonyl (C=O) groups excluding carboxylic acids is 2. The Labute approximate surface area is 230 Å². The molecule has 1 aliphatic carbocycles. The number of likely N-dealkylation sites (tertiary alicyclic amines) is 1. The van der Waals surface area contributed by atoms with Crippen LogP contribution in [-0.2, 0) is 23.9 Å². The first kappa shape index (κ1) is 29.0. The Bertz CT molecular complexity index is 1120. The third-order valence-corrected chi connectivity index (χ3v) is 8.23. The van der Waals surface area contributed by atoms with Gasteiger partial charge < -0.3 is 19.7 Å². The molecule has 0 radical (unpaired) electrons. The summed E-state index contributed by atoms with van der Waals surface area (Å²) in [6, 6.07) is 7.26. The van der Waals surface area contributed by atoms with Crippen molar-refractivity contribution >= 4 is 23.9 Å². The average Bonchev–Trinajstić information content (AvgIpc) is 3.42. The summed E-state index contributed by atoms with van der Waals surface area (Å²) >= 11 is 0. The predicted octanol–water partition coefficient (Wildman–Crippen LogP) is 4.96. The zero-order valence-electron chi connectivity index (χ0n) is 23.1. The van der Waals surface area contributed by atoms with Crippen molar-refractivity contribution < 1.29 is 34.1 Å². The van der Waals surface area contributed by atoms with Gasteiger partial charge in [0.25, 0.3) is 0 Å². The van der Waals surface area contributed by atoms with E-state index in [4.69, 9.17) is 14.6 Å². The molecule has 2 fully saturated rings. The van der Waals surface area contributed by atoms with Crippen LogP contribution in [0.25, 0.3) is 6.08 Å². The number of allylic oxidation sites excluding steroid dienone is 1. The molecule has 2 aliphatic heterocycles. The van der Waals surface area contributed by atoms with Crippen LogP contribution in [-0.4, -0.2) is 65.9 Å². The summed E-state index contributed by atoms with van der Waals surface area (Å²) in [6.07, 6.45) is 8.08. The van der Waals surface area contributed by atoms with Gasteiger partial charge in [-0.25, -0.2) is 0 Å². The highest BCUT2D eigenvalue weighted by atomic mass is 16.5. The number of imide groups is 1. The molecule has 2 saturated heterocycles. The van der Waals surface area contributed by atoms with E-state index in [9.17, 15) is 19.5 Å². The number of fused-ring (bicyclic) bond motifs is 3. The Morgan fingerprint density at radius 3 is 2.67 bits per heavy atom. The van der Waals surface area contributed by atoms with E-state index in [1.807, 2.05) is 12.1 Å². The molecule has 39 heavy (non-hydrogen) atoms. The van der Waals surface area contributed by atoms with Gasteiger partial charge in [0.05, 0.1) is 31.2 Å². The number of carboxylic acids is 1. The normalized spacial score (nSPS) is 24.9. The highest BCUT2D eigenvalue weighted by molar-refractivity contribution is 6.06. The minimum atomic E-state index is -0.828. The lowest BCUT2D eigenvalue weighted by molar-refractivity contribution is -0.141. The van der Waals surface area contributed by atoms with Gasteiger partial charge >= 0.3 is 5.97 Å². The van der Waals surface area contributed by atoms with E-state index in [1.54, 1.807) is 19.2 Å². The van der Waals surface area contributed by atoms with Gasteiger partial charge in [0, 0.05) is 26.0 Å². The van der Waals surface area contributed by atoms with Gasteiger partial charge in [-0.2, -0.15) is 0 Å². The van der Waals surface area contributed by atoms with Crippen molar-refractivity contribution in [2.24, 2.45) is 17.8 Å². The number of carboxylic acid groups (broad SMARTS) is 1. The second-order valence-corrected chi connectivity index (χ2v) is 11.0. The molecule has 1 aromatic carbocycles. The second kappa shape index (κ2) is 13.4. The monoisotopic (exact) mass is 539 g/mol. The molecule has 2 heterocycles. The van der Waals surface area contributed by atoms with Crippen LogP contribution in [0.1, 0.15) is 70.3 Å². The van der Waals surface area contributed by atoms with Crippen molar-refractivity contribution in [1.29, 1.82) is 0 Å². The molecule has 8 nitrogen and oxygen atoms in total. The largest absolute Gasteiger partial charge is 0.508 e. The van der Waals surface area contributed by atoms with Crippen LogP contribution in [0, 0.1) is 17.8 Å². The van der Waals surface area contributed by atoms with E-state index in [1.165, 1.54) is 10.5 Å². The molecular formula is C31H41NO7. The molecule has 0 saturated carbocycles. The number of hydrogen-bond acceptors (Lipinski definition) is 6. The minimum absolute atomic E-state index is 0.102. The number of amides is 2. The second-order valence-electron chi connectivity index (χ2n) is 11.0. The lowest BCUT2D eigenvalue weighted by Gasteiger charge is -2.31. The third-order valence-electron chi connectivity index (χ3n) is 8.23. The number of aromatic hydroxyl groups is 1. The van der Waals surface area contributed by atoms with Crippen molar-refractivity contribution in [3.05, 3.63) is 46.5 Å². The van der Waals surface area contributed by atoms with Crippen LogP contribution in [0.5, 0.6) is 5.75 Å². The van der Waals surface area contributed by atoms with Crippen molar-refractivity contribution in [2.45, 2.75) is 70.8 Å². The van der Waals surface area contributed by atoms with E-state index >= 15 is 0 Å². The molecule has 4 atom stereocenters. The Morgan fingerprint density at radius 2 is 1.95 bits per heavy atom. The summed E-state index contributed by atoms with van der Waals surface area (Å²) in [5.74, 6) is -1.68. The number of phenols is 1. The number of ether oxygens (including phenoxy) is 2. The maximum Gasteiger partial charge on any atom is 0.303 e. The van der Waals surface area contributed by atoms with Gasteiger partial charge in [-0.05, 0) is 67.4 Å². The summed E-state index contributed by atoms with van der Waals surface area (Å²) in [6.45, 7) is 3.35. The molecule has 3 aliphatic rings. The average molecular weight is 540 g/mol. The van der Waals surface area contributed by atoms with Crippen LogP contribution in [0.15, 0.2) is 41.0 Å². The van der Waals surface area contributed by atoms with E-state index in [2.05, 4.69) is 13.0 Å². The molecule has 8 heteroatoms. The summed E-state index contributed by atoms with van der Waals surface area (Å²) in [5.41, 5.74) is 4.50. The Hall–Kier alpha value is -2.97. The van der Waals surface area contributed by atoms with Gasteiger partial charge in [-0.3, -0.25) is 19.3 Å². The number of methoxy groups -OCH3 is 1. The summed E-state index contributed by atoms with van der Waals surface area (Å²) in [7, 11) is 1.65. The number of nitrogens with zero attached hydrogens (tertiary/aromatic N) is 1. The molecular weight excluding hydrogens is 498 g/mol. The molecule has 2 amide bonds. The molecule has 0 spiro atoms. The van der Waals surface area contributed by atoms with Gasteiger partial charge in [0.2, 0.25) is 11.8 Å². The molecule has 4 rings (SSSR count). The fraction of sp³-hybridized carbons (Fsp3) is 0.581.